The van der Waals surface area contributed by atoms with Crippen molar-refractivity contribution in [2.45, 2.75) is 13.2 Å². The Morgan fingerprint density at radius 3 is 2.84 bits per heavy atom. The van der Waals surface area contributed by atoms with E-state index in [0.29, 0.717) is 6.54 Å². The molecule has 0 radical (unpaired) electrons. The highest BCUT2D eigenvalue weighted by Gasteiger charge is 2.09. The van der Waals surface area contributed by atoms with E-state index >= 15 is 0 Å². The van der Waals surface area contributed by atoms with Gasteiger partial charge < -0.3 is 10.1 Å². The normalized spacial score (nSPS) is 10.5. The number of pyridine rings is 1. The molecule has 0 atom stereocenters. The molecule has 100 valence electrons. The van der Waals surface area contributed by atoms with Crippen LogP contribution in [0, 0.1) is 5.82 Å². The molecule has 0 saturated heterocycles. The van der Waals surface area contributed by atoms with Gasteiger partial charge in [0.15, 0.2) is 11.6 Å². The Bertz CT molecular complexity index is 546. The molecule has 0 saturated carbocycles. The van der Waals surface area contributed by atoms with Gasteiger partial charge in [-0.15, -0.1) is 0 Å². The minimum absolute atomic E-state index is 0.241. The molecule has 0 aliphatic rings. The Labute approximate surface area is 119 Å². The van der Waals surface area contributed by atoms with Crippen molar-refractivity contribution in [3.8, 4) is 5.75 Å². The lowest BCUT2D eigenvalue weighted by atomic mass is 10.2. The largest absolute Gasteiger partial charge is 0.484 e. The number of ether oxygens (including phenoxy) is 1. The average Bonchev–Trinajstić information content (AvgIpc) is 2.40. The average molecular weight is 325 g/mol. The van der Waals surface area contributed by atoms with Crippen LogP contribution < -0.4 is 10.1 Å². The van der Waals surface area contributed by atoms with Crippen molar-refractivity contribution in [1.82, 2.24) is 10.3 Å². The monoisotopic (exact) mass is 324 g/mol. The maximum absolute atomic E-state index is 13.8. The van der Waals surface area contributed by atoms with E-state index in [4.69, 9.17) is 4.74 Å². The van der Waals surface area contributed by atoms with E-state index in [1.54, 1.807) is 12.3 Å². The van der Waals surface area contributed by atoms with Gasteiger partial charge in [-0.05, 0) is 41.2 Å². The summed E-state index contributed by atoms with van der Waals surface area (Å²) in [4.78, 5) is 4.19. The summed E-state index contributed by atoms with van der Waals surface area (Å²) in [5.74, 6) is -0.0774. The maximum atomic E-state index is 13.8. The molecular weight excluding hydrogens is 311 g/mol. The van der Waals surface area contributed by atoms with E-state index in [1.165, 1.54) is 6.07 Å². The summed E-state index contributed by atoms with van der Waals surface area (Å²) in [6, 6.07) is 8.62. The van der Waals surface area contributed by atoms with E-state index in [0.717, 1.165) is 15.7 Å². The van der Waals surface area contributed by atoms with Gasteiger partial charge >= 0.3 is 0 Å². The highest BCUT2D eigenvalue weighted by Crippen LogP contribution is 2.23. The van der Waals surface area contributed by atoms with Crippen LogP contribution in [0.5, 0.6) is 5.75 Å². The molecular formula is C14H14BrFN2O. The van der Waals surface area contributed by atoms with E-state index in [-0.39, 0.29) is 18.2 Å². The predicted molar refractivity (Wildman–Crippen MR) is 75.4 cm³/mol. The second-order valence-corrected chi connectivity index (χ2v) is 4.93. The Morgan fingerprint density at radius 1 is 1.32 bits per heavy atom. The minimum Gasteiger partial charge on any atom is -0.484 e. The van der Waals surface area contributed by atoms with Gasteiger partial charge in [0.05, 0.1) is 5.69 Å². The summed E-state index contributed by atoms with van der Waals surface area (Å²) in [5, 5.41) is 2.99. The first-order chi connectivity index (χ1) is 9.20. The smallest absolute Gasteiger partial charge is 0.165 e. The molecule has 0 aliphatic heterocycles. The first-order valence-corrected chi connectivity index (χ1v) is 6.65. The molecule has 5 heteroatoms. The van der Waals surface area contributed by atoms with Crippen LogP contribution in [-0.4, -0.2) is 12.0 Å². The SMILES string of the molecule is CNCc1cccc(F)c1OCc1ccc(Br)cn1. The number of nitrogens with zero attached hydrogens (tertiary/aromatic N) is 1. The molecule has 0 spiro atoms. The van der Waals surface area contributed by atoms with E-state index < -0.39 is 0 Å². The zero-order valence-corrected chi connectivity index (χ0v) is 12.1. The molecule has 0 fully saturated rings. The second-order valence-electron chi connectivity index (χ2n) is 4.01. The highest BCUT2D eigenvalue weighted by atomic mass is 79.9. The Balaban J connectivity index is 2.12. The number of rotatable bonds is 5. The minimum atomic E-state index is -0.357. The molecule has 19 heavy (non-hydrogen) atoms. The summed E-state index contributed by atoms with van der Waals surface area (Å²) in [5.41, 5.74) is 1.54. The van der Waals surface area contributed by atoms with Gasteiger partial charge in [0.2, 0.25) is 0 Å². The number of benzene rings is 1. The zero-order valence-electron chi connectivity index (χ0n) is 10.5. The molecule has 0 amide bonds. The molecule has 0 unspecified atom stereocenters. The molecule has 0 aliphatic carbocycles. The lowest BCUT2D eigenvalue weighted by molar-refractivity contribution is 0.282. The van der Waals surface area contributed by atoms with Crippen LogP contribution in [0.1, 0.15) is 11.3 Å². The van der Waals surface area contributed by atoms with Gasteiger partial charge in [-0.3, -0.25) is 4.98 Å². The van der Waals surface area contributed by atoms with Gasteiger partial charge in [-0.25, -0.2) is 4.39 Å². The van der Waals surface area contributed by atoms with Crippen molar-refractivity contribution in [2.75, 3.05) is 7.05 Å². The first kappa shape index (κ1) is 14.0. The fourth-order valence-electron chi connectivity index (χ4n) is 1.68. The van der Waals surface area contributed by atoms with Gasteiger partial charge in [0, 0.05) is 22.8 Å². The van der Waals surface area contributed by atoms with Crippen LogP contribution in [0.3, 0.4) is 0 Å². The summed E-state index contributed by atoms with van der Waals surface area (Å²) >= 11 is 3.31. The molecule has 3 nitrogen and oxygen atoms in total. The van der Waals surface area contributed by atoms with Crippen molar-refractivity contribution in [2.24, 2.45) is 0 Å². The van der Waals surface area contributed by atoms with Gasteiger partial charge in [0.1, 0.15) is 6.61 Å². The highest BCUT2D eigenvalue weighted by molar-refractivity contribution is 9.10. The quantitative estimate of drug-likeness (QED) is 0.916. The number of aromatic nitrogens is 1. The third-order valence-electron chi connectivity index (χ3n) is 2.57. The number of hydrogen-bond donors (Lipinski definition) is 1. The zero-order chi connectivity index (χ0) is 13.7. The van der Waals surface area contributed by atoms with E-state index in [9.17, 15) is 4.39 Å². The lowest BCUT2D eigenvalue weighted by Crippen LogP contribution is -2.09. The fourth-order valence-corrected chi connectivity index (χ4v) is 1.92. The van der Waals surface area contributed by atoms with Gasteiger partial charge in [0.25, 0.3) is 0 Å². The number of halogens is 2. The molecule has 1 aromatic heterocycles. The molecule has 1 N–H and O–H groups in total. The predicted octanol–water partition coefficient (Wildman–Crippen LogP) is 3.28. The standard InChI is InChI=1S/C14H14BrFN2O/c1-17-7-10-3-2-4-13(16)14(10)19-9-12-6-5-11(15)8-18-12/h2-6,8,17H,7,9H2,1H3. The molecule has 2 aromatic rings. The van der Waals surface area contributed by atoms with Gasteiger partial charge in [-0.1, -0.05) is 12.1 Å². The third-order valence-corrected chi connectivity index (χ3v) is 3.04. The van der Waals surface area contributed by atoms with Crippen molar-refractivity contribution in [3.63, 3.8) is 0 Å². The Hall–Kier alpha value is -1.46. The molecule has 0 bridgehead atoms. The van der Waals surface area contributed by atoms with Crippen LogP contribution in [0.2, 0.25) is 0 Å². The van der Waals surface area contributed by atoms with E-state index in [1.807, 2.05) is 25.2 Å². The van der Waals surface area contributed by atoms with Crippen LogP contribution in [0.15, 0.2) is 41.0 Å². The van der Waals surface area contributed by atoms with Gasteiger partial charge in [-0.2, -0.15) is 0 Å². The number of nitrogens with one attached hydrogen (secondary N) is 1. The molecule has 1 aromatic carbocycles. The topological polar surface area (TPSA) is 34.1 Å². The maximum Gasteiger partial charge on any atom is 0.165 e. The summed E-state index contributed by atoms with van der Waals surface area (Å²) in [6.45, 7) is 0.797. The Morgan fingerprint density at radius 2 is 2.16 bits per heavy atom. The Kier molecular flexibility index (Phi) is 4.87. The molecule has 1 heterocycles. The van der Waals surface area contributed by atoms with Crippen LogP contribution >= 0.6 is 15.9 Å². The lowest BCUT2D eigenvalue weighted by Gasteiger charge is -2.12. The first-order valence-electron chi connectivity index (χ1n) is 5.86. The van der Waals surface area contributed by atoms with Crippen molar-refractivity contribution in [3.05, 3.63) is 58.1 Å². The number of para-hydroxylation sites is 1. The van der Waals surface area contributed by atoms with E-state index in [2.05, 4.69) is 26.2 Å². The van der Waals surface area contributed by atoms with Crippen LogP contribution in [-0.2, 0) is 13.2 Å². The van der Waals surface area contributed by atoms with Crippen LogP contribution in [0.25, 0.3) is 0 Å². The van der Waals surface area contributed by atoms with Crippen LogP contribution in [0.4, 0.5) is 4.39 Å². The molecule has 2 rings (SSSR count). The summed E-state index contributed by atoms with van der Waals surface area (Å²) in [7, 11) is 1.81. The fraction of sp³-hybridized carbons (Fsp3) is 0.214. The van der Waals surface area contributed by atoms with Crippen molar-refractivity contribution < 1.29 is 9.13 Å². The van der Waals surface area contributed by atoms with Crippen molar-refractivity contribution in [1.29, 1.82) is 0 Å². The van der Waals surface area contributed by atoms with Crippen molar-refractivity contribution >= 4 is 15.9 Å². The second kappa shape index (κ2) is 6.63. The number of hydrogen-bond acceptors (Lipinski definition) is 3. The summed E-state index contributed by atoms with van der Waals surface area (Å²) in [6.07, 6.45) is 1.69. The third kappa shape index (κ3) is 3.75. The summed E-state index contributed by atoms with van der Waals surface area (Å²) < 4.78 is 20.2.